The van der Waals surface area contributed by atoms with Gasteiger partial charge in [0.2, 0.25) is 11.8 Å². The fraction of sp³-hybridized carbons (Fsp3) is 0.609. The van der Waals surface area contributed by atoms with Crippen LogP contribution in [-0.2, 0) is 25.7 Å². The lowest BCUT2D eigenvalue weighted by Crippen LogP contribution is -2.49. The molecule has 3 atom stereocenters. The van der Waals surface area contributed by atoms with E-state index < -0.39 is 12.1 Å². The van der Waals surface area contributed by atoms with Crippen LogP contribution in [0.3, 0.4) is 0 Å². The Kier molecular flexibility index (Phi) is 6.60. The molecule has 0 N–H and O–H groups in total. The Morgan fingerprint density at radius 3 is 2.45 bits per heavy atom. The Balaban J connectivity index is 1.73. The molecule has 1 aromatic rings. The van der Waals surface area contributed by atoms with Gasteiger partial charge in [-0.3, -0.25) is 9.59 Å². The van der Waals surface area contributed by atoms with Crippen LogP contribution < -0.4 is 0 Å². The zero-order valence-corrected chi connectivity index (χ0v) is 17.8. The molecule has 1 aromatic carbocycles. The van der Waals surface area contributed by atoms with Crippen LogP contribution in [0, 0.1) is 17.8 Å². The summed E-state index contributed by atoms with van der Waals surface area (Å²) < 4.78 is 5.57. The normalized spacial score (nSPS) is 22.3. The maximum atomic E-state index is 13.3. The van der Waals surface area contributed by atoms with Crippen molar-refractivity contribution in [2.45, 2.75) is 59.2 Å². The number of carbonyl (C=O) groups excluding carboxylic acids is 3. The van der Waals surface area contributed by atoms with Crippen LogP contribution in [0.25, 0.3) is 0 Å². The van der Waals surface area contributed by atoms with Crippen molar-refractivity contribution in [1.29, 1.82) is 0 Å². The molecule has 2 saturated heterocycles. The van der Waals surface area contributed by atoms with Gasteiger partial charge < -0.3 is 14.5 Å². The van der Waals surface area contributed by atoms with Crippen LogP contribution in [0.1, 0.15) is 46.1 Å². The van der Waals surface area contributed by atoms with Gasteiger partial charge in [-0.25, -0.2) is 4.79 Å². The first kappa shape index (κ1) is 21.3. The average Bonchev–Trinajstić information content (AvgIpc) is 3.24. The van der Waals surface area contributed by atoms with Gasteiger partial charge in [-0.1, -0.05) is 58.0 Å². The summed E-state index contributed by atoms with van der Waals surface area (Å²) in [6.45, 7) is 9.12. The predicted octanol–water partition coefficient (Wildman–Crippen LogP) is 2.86. The van der Waals surface area contributed by atoms with Crippen LogP contribution >= 0.6 is 0 Å². The smallest absolute Gasteiger partial charge is 0.329 e. The minimum atomic E-state index is -0.604. The molecule has 2 heterocycles. The lowest BCUT2D eigenvalue weighted by atomic mass is 10.0. The van der Waals surface area contributed by atoms with Crippen molar-refractivity contribution in [2.75, 3.05) is 13.1 Å². The summed E-state index contributed by atoms with van der Waals surface area (Å²) in [5, 5.41) is 0. The SMILES string of the molecule is CC(C)CC(C(=O)OCc1ccccc1)N1CC2CCN(C(=O)C(C)C)[C@@H]2C1=O. The Bertz CT molecular complexity index is 747. The van der Waals surface area contributed by atoms with Crippen molar-refractivity contribution in [3.8, 4) is 0 Å². The summed E-state index contributed by atoms with van der Waals surface area (Å²) >= 11 is 0. The van der Waals surface area contributed by atoms with Crippen molar-refractivity contribution < 1.29 is 19.1 Å². The Morgan fingerprint density at radius 1 is 1.14 bits per heavy atom. The lowest BCUT2D eigenvalue weighted by molar-refractivity contribution is -0.157. The number of fused-ring (bicyclic) bond motifs is 1. The van der Waals surface area contributed by atoms with Crippen LogP contribution in [-0.4, -0.2) is 52.8 Å². The van der Waals surface area contributed by atoms with E-state index in [1.165, 1.54) is 0 Å². The molecule has 6 nitrogen and oxygen atoms in total. The van der Waals surface area contributed by atoms with Gasteiger partial charge in [-0.15, -0.1) is 0 Å². The molecule has 29 heavy (non-hydrogen) atoms. The summed E-state index contributed by atoms with van der Waals surface area (Å²) in [5.74, 6) is -0.258. The number of hydrogen-bond acceptors (Lipinski definition) is 4. The third-order valence-electron chi connectivity index (χ3n) is 5.83. The van der Waals surface area contributed by atoms with Gasteiger partial charge in [-0.05, 0) is 24.3 Å². The number of amides is 2. The molecule has 158 valence electrons. The van der Waals surface area contributed by atoms with Gasteiger partial charge in [-0.2, -0.15) is 0 Å². The van der Waals surface area contributed by atoms with E-state index >= 15 is 0 Å². The average molecular weight is 401 g/mol. The molecule has 2 aliphatic heterocycles. The summed E-state index contributed by atoms with van der Waals surface area (Å²) in [4.78, 5) is 42.1. The van der Waals surface area contributed by atoms with Crippen LogP contribution in [0.5, 0.6) is 0 Å². The first-order valence-electron chi connectivity index (χ1n) is 10.6. The summed E-state index contributed by atoms with van der Waals surface area (Å²) in [6.07, 6.45) is 1.36. The Labute approximate surface area is 173 Å². The third-order valence-corrected chi connectivity index (χ3v) is 5.83. The van der Waals surface area contributed by atoms with Crippen molar-refractivity contribution in [3.63, 3.8) is 0 Å². The number of ether oxygens (including phenoxy) is 1. The van der Waals surface area contributed by atoms with Gasteiger partial charge in [0.15, 0.2) is 0 Å². The highest BCUT2D eigenvalue weighted by atomic mass is 16.5. The highest BCUT2D eigenvalue weighted by Crippen LogP contribution is 2.35. The first-order chi connectivity index (χ1) is 13.8. The number of hydrogen-bond donors (Lipinski definition) is 0. The number of nitrogens with zero attached hydrogens (tertiary/aromatic N) is 2. The molecule has 3 rings (SSSR count). The van der Waals surface area contributed by atoms with Crippen LogP contribution in [0.2, 0.25) is 0 Å². The van der Waals surface area contributed by atoms with Crippen LogP contribution in [0.4, 0.5) is 0 Å². The second-order valence-electron chi connectivity index (χ2n) is 8.91. The zero-order chi connectivity index (χ0) is 21.1. The minimum absolute atomic E-state index is 0.0137. The zero-order valence-electron chi connectivity index (χ0n) is 17.8. The van der Waals surface area contributed by atoms with Gasteiger partial charge >= 0.3 is 5.97 Å². The van der Waals surface area contributed by atoms with Gasteiger partial charge in [0.05, 0.1) is 0 Å². The predicted molar refractivity (Wildman–Crippen MR) is 110 cm³/mol. The molecule has 6 heteroatoms. The van der Waals surface area contributed by atoms with E-state index in [1.54, 1.807) is 9.80 Å². The van der Waals surface area contributed by atoms with Gasteiger partial charge in [0.1, 0.15) is 18.7 Å². The second kappa shape index (κ2) is 8.97. The van der Waals surface area contributed by atoms with Gasteiger partial charge in [0, 0.05) is 24.9 Å². The molecular formula is C23H32N2O4. The molecule has 0 spiro atoms. The second-order valence-corrected chi connectivity index (χ2v) is 8.91. The maximum Gasteiger partial charge on any atom is 0.329 e. The summed E-state index contributed by atoms with van der Waals surface area (Å²) in [6, 6.07) is 8.51. The maximum absolute atomic E-state index is 13.3. The lowest BCUT2D eigenvalue weighted by Gasteiger charge is -2.30. The topological polar surface area (TPSA) is 66.9 Å². The number of likely N-dealkylation sites (tertiary alicyclic amines) is 2. The number of rotatable bonds is 7. The van der Waals surface area contributed by atoms with E-state index in [0.29, 0.717) is 19.5 Å². The molecule has 2 fully saturated rings. The van der Waals surface area contributed by atoms with Crippen molar-refractivity contribution in [1.82, 2.24) is 9.80 Å². The molecule has 0 aromatic heterocycles. The molecule has 2 amide bonds. The van der Waals surface area contributed by atoms with E-state index in [9.17, 15) is 14.4 Å². The molecule has 0 bridgehead atoms. The van der Waals surface area contributed by atoms with Crippen molar-refractivity contribution in [2.24, 2.45) is 17.8 Å². The minimum Gasteiger partial charge on any atom is -0.459 e. The molecule has 0 radical (unpaired) electrons. The molecule has 2 unspecified atom stereocenters. The molecular weight excluding hydrogens is 368 g/mol. The summed E-state index contributed by atoms with van der Waals surface area (Å²) in [5.41, 5.74) is 0.919. The quantitative estimate of drug-likeness (QED) is 0.660. The van der Waals surface area contributed by atoms with E-state index in [2.05, 4.69) is 0 Å². The number of benzene rings is 1. The highest BCUT2D eigenvalue weighted by Gasteiger charge is 2.52. The Hall–Kier alpha value is -2.37. The fourth-order valence-electron chi connectivity index (χ4n) is 4.38. The largest absolute Gasteiger partial charge is 0.459 e. The van der Waals surface area contributed by atoms with Crippen LogP contribution in [0.15, 0.2) is 30.3 Å². The molecule has 0 aliphatic carbocycles. The standard InChI is InChI=1S/C23H32N2O4/c1-15(2)12-19(23(28)29-14-17-8-6-5-7-9-17)25-13-18-10-11-24(20(18)22(25)27)21(26)16(3)4/h5-9,15-16,18-20H,10-14H2,1-4H3/t18?,19?,20-/m0/s1. The summed E-state index contributed by atoms with van der Waals surface area (Å²) in [7, 11) is 0. The van der Waals surface area contributed by atoms with Crippen molar-refractivity contribution >= 4 is 17.8 Å². The van der Waals surface area contributed by atoms with E-state index in [1.807, 2.05) is 58.0 Å². The third kappa shape index (κ3) is 4.62. The fourth-order valence-corrected chi connectivity index (χ4v) is 4.38. The van der Waals surface area contributed by atoms with Gasteiger partial charge in [0.25, 0.3) is 0 Å². The Morgan fingerprint density at radius 2 is 1.83 bits per heavy atom. The van der Waals surface area contributed by atoms with Crippen molar-refractivity contribution in [3.05, 3.63) is 35.9 Å². The number of esters is 1. The highest BCUT2D eigenvalue weighted by molar-refractivity contribution is 5.93. The van der Waals surface area contributed by atoms with E-state index in [0.717, 1.165) is 12.0 Å². The number of carbonyl (C=O) groups is 3. The monoisotopic (exact) mass is 400 g/mol. The molecule has 2 aliphatic rings. The van der Waals surface area contributed by atoms with E-state index in [-0.39, 0.29) is 42.1 Å². The molecule has 0 saturated carbocycles. The van der Waals surface area contributed by atoms with E-state index in [4.69, 9.17) is 4.74 Å². The first-order valence-corrected chi connectivity index (χ1v) is 10.6.